The van der Waals surface area contributed by atoms with Crippen molar-refractivity contribution < 1.29 is 19.5 Å². The Hall–Kier alpha value is -2.59. The second-order valence-corrected chi connectivity index (χ2v) is 13.2. The predicted molar refractivity (Wildman–Crippen MR) is 137 cm³/mol. The number of imide groups is 1. The second-order valence-electron chi connectivity index (χ2n) is 11.0. The van der Waals surface area contributed by atoms with Crippen LogP contribution in [0.2, 0.25) is 0 Å². The van der Waals surface area contributed by atoms with Crippen LogP contribution in [0.3, 0.4) is 0 Å². The highest BCUT2D eigenvalue weighted by atomic mass is 32.2. The number of rotatable bonds is 5. The Morgan fingerprint density at radius 3 is 2.31 bits per heavy atom. The summed E-state index contributed by atoms with van der Waals surface area (Å²) in [7, 11) is 3.98. The molecule has 3 fully saturated rings. The summed E-state index contributed by atoms with van der Waals surface area (Å²) in [6.45, 7) is 3.47. The molecule has 2 aliphatic carbocycles. The molecule has 1 saturated heterocycles. The molecule has 36 heavy (non-hydrogen) atoms. The van der Waals surface area contributed by atoms with Crippen LogP contribution in [0.5, 0.6) is 0 Å². The number of H-pyrrole nitrogens is 1. The van der Waals surface area contributed by atoms with Crippen LogP contribution in [0, 0.1) is 35.5 Å². The van der Waals surface area contributed by atoms with Crippen molar-refractivity contribution in [1.82, 2.24) is 9.88 Å². The Bertz CT molecular complexity index is 1320. The third kappa shape index (κ3) is 3.19. The van der Waals surface area contributed by atoms with E-state index in [2.05, 4.69) is 29.2 Å². The van der Waals surface area contributed by atoms with Gasteiger partial charge in [0.1, 0.15) is 6.04 Å². The van der Waals surface area contributed by atoms with E-state index in [9.17, 15) is 24.3 Å². The summed E-state index contributed by atoms with van der Waals surface area (Å²) >= 11 is 2.88. The quantitative estimate of drug-likeness (QED) is 0.575. The number of amides is 2. The fourth-order valence-corrected chi connectivity index (χ4v) is 10.2. The minimum Gasteiger partial charge on any atom is -0.480 e. The molecule has 2 N–H and O–H groups in total. The molecule has 0 radical (unpaired) electrons. The second kappa shape index (κ2) is 8.21. The number of aromatic amines is 1. The van der Waals surface area contributed by atoms with Gasteiger partial charge in [-0.05, 0) is 47.8 Å². The highest BCUT2D eigenvalue weighted by Crippen LogP contribution is 2.68. The van der Waals surface area contributed by atoms with Gasteiger partial charge in [-0.3, -0.25) is 19.3 Å². The van der Waals surface area contributed by atoms with Crippen LogP contribution in [-0.4, -0.2) is 58.2 Å². The molecule has 2 saturated carbocycles. The van der Waals surface area contributed by atoms with E-state index >= 15 is 0 Å². The molecule has 2 aliphatic heterocycles. The van der Waals surface area contributed by atoms with Crippen LogP contribution in [0.15, 0.2) is 34.1 Å². The lowest BCUT2D eigenvalue weighted by Gasteiger charge is -2.43. The predicted octanol–water partition coefficient (Wildman–Crippen LogP) is 3.08. The normalized spacial score (nSPS) is 33.0. The van der Waals surface area contributed by atoms with Crippen LogP contribution >= 0.6 is 23.1 Å². The number of carbonyl (C=O) groups excluding carboxylic acids is 2. The standard InChI is InChI=1S/C26H29N3O5S2/c1-10(2)19(25(32)33)29-23(30)17-13-9-14(18(17)24(29)31)20-16(13)15(21-22(35-20)27-26(34)36-21)11-5-7-12(8-6-11)28(3)4/h5-8,10,13-20H,9H2,1-4H3,(H,27,34)(H,32,33)/t13-,14-,15-,16+,17+,18-,19-,20+/m1/s1. The van der Waals surface area contributed by atoms with Crippen LogP contribution in [0.25, 0.3) is 0 Å². The third-order valence-corrected chi connectivity index (χ3v) is 11.3. The van der Waals surface area contributed by atoms with E-state index in [1.807, 2.05) is 19.0 Å². The van der Waals surface area contributed by atoms with Crippen molar-refractivity contribution >= 4 is 46.6 Å². The maximum absolute atomic E-state index is 13.7. The van der Waals surface area contributed by atoms with E-state index in [0.29, 0.717) is 0 Å². The van der Waals surface area contributed by atoms with Gasteiger partial charge in [0.25, 0.3) is 0 Å². The van der Waals surface area contributed by atoms with Gasteiger partial charge in [0.05, 0.1) is 16.9 Å². The fraction of sp³-hybridized carbons (Fsp3) is 0.538. The van der Waals surface area contributed by atoms with Crippen LogP contribution < -0.4 is 9.77 Å². The minimum atomic E-state index is -1.14. The number of thiazole rings is 1. The lowest BCUT2D eigenvalue weighted by molar-refractivity contribution is -0.157. The average Bonchev–Trinajstić information content (AvgIpc) is 3.54. The van der Waals surface area contributed by atoms with Crippen molar-refractivity contribution in [2.45, 2.75) is 42.5 Å². The number of aliphatic carboxylic acids is 1. The summed E-state index contributed by atoms with van der Waals surface area (Å²) in [5.41, 5.74) is 2.19. The Morgan fingerprint density at radius 2 is 1.72 bits per heavy atom. The molecule has 3 heterocycles. The van der Waals surface area contributed by atoms with Crippen LogP contribution in [-0.2, 0) is 14.4 Å². The van der Waals surface area contributed by atoms with Crippen molar-refractivity contribution in [2.75, 3.05) is 19.0 Å². The van der Waals surface area contributed by atoms with Gasteiger partial charge in [-0.25, -0.2) is 4.79 Å². The molecule has 2 aromatic rings. The number of hydrogen-bond acceptors (Lipinski definition) is 7. The minimum absolute atomic E-state index is 0.0156. The van der Waals surface area contributed by atoms with Gasteiger partial charge < -0.3 is 15.0 Å². The third-order valence-electron chi connectivity index (χ3n) is 8.69. The first kappa shape index (κ1) is 23.8. The summed E-state index contributed by atoms with van der Waals surface area (Å²) in [6, 6.07) is 7.22. The zero-order chi connectivity index (χ0) is 25.6. The topological polar surface area (TPSA) is 111 Å². The zero-order valence-corrected chi connectivity index (χ0v) is 22.1. The number of carbonyl (C=O) groups is 3. The first-order chi connectivity index (χ1) is 17.1. The number of nitrogens with one attached hydrogen (secondary N) is 1. The molecule has 4 aliphatic rings. The van der Waals surface area contributed by atoms with E-state index in [4.69, 9.17) is 0 Å². The number of fused-ring (bicyclic) bond motifs is 9. The molecule has 1 aromatic carbocycles. The molecule has 190 valence electrons. The van der Waals surface area contributed by atoms with Gasteiger partial charge in [0.15, 0.2) is 0 Å². The van der Waals surface area contributed by atoms with Gasteiger partial charge in [0.2, 0.25) is 11.8 Å². The Labute approximate surface area is 217 Å². The SMILES string of the molecule is CC(C)[C@H](C(=O)O)N1C(=O)[C@@H]2[C@H]3C[C@@H]([C@@H]2C1=O)[C@H]1[C@@H](c2ccc(N(C)C)cc2)c2sc(=O)[nH]c2S[C@@H]31. The molecular weight excluding hydrogens is 498 g/mol. The van der Waals surface area contributed by atoms with E-state index in [-0.39, 0.29) is 51.5 Å². The van der Waals surface area contributed by atoms with Crippen molar-refractivity contribution in [3.8, 4) is 0 Å². The molecule has 2 amide bonds. The Balaban J connectivity index is 1.42. The number of benzene rings is 1. The Kier molecular flexibility index (Phi) is 5.42. The van der Waals surface area contributed by atoms with Crippen LogP contribution in [0.4, 0.5) is 5.69 Å². The number of likely N-dealkylation sites (tertiary alicyclic amines) is 1. The van der Waals surface area contributed by atoms with Gasteiger partial charge in [-0.15, -0.1) is 11.8 Å². The number of anilines is 1. The molecule has 1 aromatic heterocycles. The lowest BCUT2D eigenvalue weighted by Crippen LogP contribution is -2.49. The van der Waals surface area contributed by atoms with Crippen molar-refractivity contribution in [2.24, 2.45) is 35.5 Å². The van der Waals surface area contributed by atoms with Gasteiger partial charge in [-0.1, -0.05) is 37.3 Å². The van der Waals surface area contributed by atoms with Crippen LogP contribution in [0.1, 0.15) is 36.6 Å². The monoisotopic (exact) mass is 527 g/mol. The van der Waals surface area contributed by atoms with Crippen molar-refractivity contribution in [1.29, 1.82) is 0 Å². The molecule has 0 spiro atoms. The maximum Gasteiger partial charge on any atom is 0.327 e. The highest BCUT2D eigenvalue weighted by Gasteiger charge is 2.70. The van der Waals surface area contributed by atoms with E-state index in [1.54, 1.807) is 25.6 Å². The molecule has 8 atom stereocenters. The number of carboxylic acid groups (broad SMARTS) is 1. The zero-order valence-electron chi connectivity index (χ0n) is 20.5. The fourth-order valence-electron chi connectivity index (χ4n) is 7.36. The summed E-state index contributed by atoms with van der Waals surface area (Å²) in [6.07, 6.45) is 0.786. The highest BCUT2D eigenvalue weighted by molar-refractivity contribution is 8.00. The summed E-state index contributed by atoms with van der Waals surface area (Å²) in [5.74, 6) is -3.09. The smallest absolute Gasteiger partial charge is 0.327 e. The number of aromatic nitrogens is 1. The van der Waals surface area contributed by atoms with Gasteiger partial charge in [0, 0.05) is 35.8 Å². The summed E-state index contributed by atoms with van der Waals surface area (Å²) in [4.78, 5) is 58.8. The van der Waals surface area contributed by atoms with E-state index in [0.717, 1.165) is 32.5 Å². The van der Waals surface area contributed by atoms with Gasteiger partial charge >= 0.3 is 10.8 Å². The summed E-state index contributed by atoms with van der Waals surface area (Å²) in [5, 5.41) is 10.8. The molecule has 8 nitrogen and oxygen atoms in total. The first-order valence-corrected chi connectivity index (χ1v) is 14.1. The first-order valence-electron chi connectivity index (χ1n) is 12.4. The largest absolute Gasteiger partial charge is 0.480 e. The number of carboxylic acids is 1. The van der Waals surface area contributed by atoms with Crippen molar-refractivity contribution in [3.05, 3.63) is 44.4 Å². The van der Waals surface area contributed by atoms with E-state index in [1.165, 1.54) is 11.3 Å². The van der Waals surface area contributed by atoms with E-state index < -0.39 is 23.8 Å². The number of hydrogen-bond donors (Lipinski definition) is 2. The molecule has 10 heteroatoms. The number of thioether (sulfide) groups is 1. The Morgan fingerprint density at radius 1 is 1.08 bits per heavy atom. The molecular formula is C26H29N3O5S2. The molecule has 6 rings (SSSR count). The maximum atomic E-state index is 13.7. The average molecular weight is 528 g/mol. The molecule has 0 unspecified atom stereocenters. The van der Waals surface area contributed by atoms with Crippen molar-refractivity contribution in [3.63, 3.8) is 0 Å². The number of nitrogens with zero attached hydrogens (tertiary/aromatic N) is 2. The van der Waals surface area contributed by atoms with Gasteiger partial charge in [-0.2, -0.15) is 0 Å². The lowest BCUT2D eigenvalue weighted by atomic mass is 9.68. The summed E-state index contributed by atoms with van der Waals surface area (Å²) < 4.78 is 0. The molecule has 2 bridgehead atoms.